The van der Waals surface area contributed by atoms with E-state index < -0.39 is 10.0 Å². The smallest absolute Gasteiger partial charge is 0.248 e. The molecule has 8 heteroatoms. The third-order valence-electron chi connectivity index (χ3n) is 4.25. The van der Waals surface area contributed by atoms with Crippen LogP contribution in [0.25, 0.3) is 6.08 Å². The lowest BCUT2D eigenvalue weighted by atomic mass is 10.2. The number of morpholine rings is 1. The number of carbonyl (C=O) groups is 1. The molecule has 1 fully saturated rings. The third-order valence-corrected chi connectivity index (χ3v) is 6.15. The van der Waals surface area contributed by atoms with Gasteiger partial charge in [0, 0.05) is 24.9 Å². The van der Waals surface area contributed by atoms with Crippen LogP contribution in [0.2, 0.25) is 0 Å². The van der Waals surface area contributed by atoms with E-state index in [1.165, 1.54) is 22.5 Å². The van der Waals surface area contributed by atoms with Crippen LogP contribution in [0.15, 0.2) is 59.5 Å². The summed E-state index contributed by atoms with van der Waals surface area (Å²) in [5, 5.41) is 2.69. The van der Waals surface area contributed by atoms with Gasteiger partial charge in [-0.1, -0.05) is 18.2 Å². The summed E-state index contributed by atoms with van der Waals surface area (Å²) in [6, 6.07) is 13.5. The van der Waals surface area contributed by atoms with Crippen molar-refractivity contribution in [2.45, 2.75) is 4.90 Å². The Morgan fingerprint density at radius 2 is 1.86 bits per heavy atom. The molecular formula is C20H22N2O5S. The second-order valence-corrected chi connectivity index (χ2v) is 8.08. The number of nitrogens with one attached hydrogen (secondary N) is 1. The van der Waals surface area contributed by atoms with Gasteiger partial charge in [-0.3, -0.25) is 4.79 Å². The molecule has 1 aliphatic heterocycles. The highest BCUT2D eigenvalue weighted by Crippen LogP contribution is 2.20. The average molecular weight is 402 g/mol. The Bertz CT molecular complexity index is 949. The number of hydrogen-bond acceptors (Lipinski definition) is 5. The van der Waals surface area contributed by atoms with E-state index in [1.54, 1.807) is 37.5 Å². The van der Waals surface area contributed by atoms with E-state index in [0.29, 0.717) is 32.0 Å². The molecule has 1 aliphatic rings. The Kier molecular flexibility index (Phi) is 6.45. The molecule has 0 saturated carbocycles. The lowest BCUT2D eigenvalue weighted by Crippen LogP contribution is -2.40. The van der Waals surface area contributed by atoms with Gasteiger partial charge >= 0.3 is 0 Å². The topological polar surface area (TPSA) is 84.9 Å². The largest absolute Gasteiger partial charge is 0.497 e. The van der Waals surface area contributed by atoms with Crippen molar-refractivity contribution in [2.75, 3.05) is 38.7 Å². The molecule has 0 aromatic heterocycles. The van der Waals surface area contributed by atoms with Gasteiger partial charge in [-0.25, -0.2) is 8.42 Å². The Morgan fingerprint density at radius 3 is 2.54 bits per heavy atom. The Balaban J connectivity index is 1.68. The third kappa shape index (κ3) is 4.98. The molecule has 7 nitrogen and oxygen atoms in total. The van der Waals surface area contributed by atoms with Gasteiger partial charge < -0.3 is 14.8 Å². The van der Waals surface area contributed by atoms with Crippen LogP contribution in [0, 0.1) is 0 Å². The summed E-state index contributed by atoms with van der Waals surface area (Å²) in [4.78, 5) is 12.3. The van der Waals surface area contributed by atoms with Crippen molar-refractivity contribution in [3.05, 3.63) is 60.2 Å². The quantitative estimate of drug-likeness (QED) is 0.750. The first kappa shape index (κ1) is 20.1. The van der Waals surface area contributed by atoms with Gasteiger partial charge in [0.15, 0.2) is 0 Å². The number of methoxy groups -OCH3 is 1. The van der Waals surface area contributed by atoms with Gasteiger partial charge in [0.2, 0.25) is 15.9 Å². The molecule has 0 aliphatic carbocycles. The highest BCUT2D eigenvalue weighted by Gasteiger charge is 2.26. The Morgan fingerprint density at radius 1 is 1.14 bits per heavy atom. The second-order valence-electron chi connectivity index (χ2n) is 6.14. The SMILES string of the molecule is COc1ccc(/C=C/C(=O)Nc2cccc(S(=O)(=O)N3CCOCC3)c2)cc1. The maximum atomic E-state index is 12.7. The molecule has 1 heterocycles. The molecule has 0 atom stereocenters. The summed E-state index contributed by atoms with van der Waals surface area (Å²) in [5.41, 5.74) is 1.26. The summed E-state index contributed by atoms with van der Waals surface area (Å²) in [7, 11) is -2.02. The fraction of sp³-hybridized carbons (Fsp3) is 0.250. The minimum absolute atomic E-state index is 0.145. The zero-order chi connectivity index (χ0) is 20.0. The number of ether oxygens (including phenoxy) is 2. The van der Waals surface area contributed by atoms with Gasteiger partial charge in [-0.05, 0) is 42.0 Å². The van der Waals surface area contributed by atoms with E-state index in [4.69, 9.17) is 9.47 Å². The number of sulfonamides is 1. The lowest BCUT2D eigenvalue weighted by molar-refractivity contribution is -0.111. The number of anilines is 1. The van der Waals surface area contributed by atoms with Crippen molar-refractivity contribution in [3.8, 4) is 5.75 Å². The monoisotopic (exact) mass is 402 g/mol. The molecule has 0 bridgehead atoms. The molecular weight excluding hydrogens is 380 g/mol. The highest BCUT2D eigenvalue weighted by molar-refractivity contribution is 7.89. The second kappa shape index (κ2) is 9.01. The fourth-order valence-corrected chi connectivity index (χ4v) is 4.20. The lowest BCUT2D eigenvalue weighted by Gasteiger charge is -2.26. The van der Waals surface area contributed by atoms with E-state index in [-0.39, 0.29) is 10.8 Å². The van der Waals surface area contributed by atoms with Crippen LogP contribution < -0.4 is 10.1 Å². The van der Waals surface area contributed by atoms with E-state index in [0.717, 1.165) is 11.3 Å². The maximum Gasteiger partial charge on any atom is 0.248 e. The van der Waals surface area contributed by atoms with Crippen LogP contribution in [0.4, 0.5) is 5.69 Å². The average Bonchev–Trinajstić information content (AvgIpc) is 2.73. The number of amides is 1. The fourth-order valence-electron chi connectivity index (χ4n) is 2.74. The van der Waals surface area contributed by atoms with Gasteiger partial charge in [0.25, 0.3) is 0 Å². The zero-order valence-electron chi connectivity index (χ0n) is 15.5. The molecule has 0 spiro atoms. The number of hydrogen-bond donors (Lipinski definition) is 1. The molecule has 0 radical (unpaired) electrons. The van der Waals surface area contributed by atoms with Crippen molar-refractivity contribution in [2.24, 2.45) is 0 Å². The molecule has 1 amide bonds. The van der Waals surface area contributed by atoms with E-state index in [2.05, 4.69) is 5.32 Å². The standard InChI is InChI=1S/C20H22N2O5S/c1-26-18-8-5-16(6-9-18)7-10-20(23)21-17-3-2-4-19(15-17)28(24,25)22-11-13-27-14-12-22/h2-10,15H,11-14H2,1H3,(H,21,23)/b10-7+. The summed E-state index contributed by atoms with van der Waals surface area (Å²) in [5.74, 6) is 0.386. The normalized spacial score (nSPS) is 15.5. The van der Waals surface area contributed by atoms with E-state index >= 15 is 0 Å². The van der Waals surface area contributed by atoms with Gasteiger partial charge in [0.1, 0.15) is 5.75 Å². The minimum Gasteiger partial charge on any atom is -0.497 e. The molecule has 2 aromatic rings. The predicted octanol–water partition coefficient (Wildman–Crippen LogP) is 2.37. The first-order valence-corrected chi connectivity index (χ1v) is 10.2. The van der Waals surface area contributed by atoms with Gasteiger partial charge in [-0.15, -0.1) is 0 Å². The summed E-state index contributed by atoms with van der Waals surface area (Å²) < 4.78 is 37.1. The van der Waals surface area contributed by atoms with Crippen LogP contribution in [-0.2, 0) is 19.6 Å². The molecule has 0 unspecified atom stereocenters. The van der Waals surface area contributed by atoms with Gasteiger partial charge in [-0.2, -0.15) is 4.31 Å². The van der Waals surface area contributed by atoms with Crippen LogP contribution in [-0.4, -0.2) is 52.0 Å². The predicted molar refractivity (Wildman–Crippen MR) is 107 cm³/mol. The van der Waals surface area contributed by atoms with Crippen LogP contribution >= 0.6 is 0 Å². The van der Waals surface area contributed by atoms with Crippen LogP contribution in [0.1, 0.15) is 5.56 Å². The molecule has 3 rings (SSSR count). The molecule has 1 saturated heterocycles. The van der Waals surface area contributed by atoms with E-state index in [9.17, 15) is 13.2 Å². The summed E-state index contributed by atoms with van der Waals surface area (Å²) >= 11 is 0. The van der Waals surface area contributed by atoms with Crippen molar-refractivity contribution in [1.29, 1.82) is 0 Å². The molecule has 148 valence electrons. The molecule has 1 N–H and O–H groups in total. The first-order valence-electron chi connectivity index (χ1n) is 8.80. The summed E-state index contributed by atoms with van der Waals surface area (Å²) in [6.07, 6.45) is 3.06. The van der Waals surface area contributed by atoms with E-state index in [1.807, 2.05) is 12.1 Å². The van der Waals surface area contributed by atoms with Crippen LogP contribution in [0.5, 0.6) is 5.75 Å². The van der Waals surface area contributed by atoms with Crippen molar-refractivity contribution in [1.82, 2.24) is 4.31 Å². The minimum atomic E-state index is -3.61. The summed E-state index contributed by atoms with van der Waals surface area (Å²) in [6.45, 7) is 1.41. The zero-order valence-corrected chi connectivity index (χ0v) is 16.3. The first-order chi connectivity index (χ1) is 13.5. The highest BCUT2D eigenvalue weighted by atomic mass is 32.2. The van der Waals surface area contributed by atoms with Crippen molar-refractivity contribution >= 4 is 27.7 Å². The number of benzene rings is 2. The van der Waals surface area contributed by atoms with Crippen molar-refractivity contribution < 1.29 is 22.7 Å². The van der Waals surface area contributed by atoms with Crippen molar-refractivity contribution in [3.63, 3.8) is 0 Å². The molecule has 2 aromatic carbocycles. The molecule has 28 heavy (non-hydrogen) atoms. The Hall–Kier alpha value is -2.68. The van der Waals surface area contributed by atoms with Gasteiger partial charge in [0.05, 0.1) is 25.2 Å². The maximum absolute atomic E-state index is 12.7. The number of rotatable bonds is 6. The Labute approximate surface area is 164 Å². The van der Waals surface area contributed by atoms with Crippen LogP contribution in [0.3, 0.4) is 0 Å². The number of nitrogens with zero attached hydrogens (tertiary/aromatic N) is 1. The number of carbonyl (C=O) groups excluding carboxylic acids is 1.